The third-order valence-electron chi connectivity index (χ3n) is 7.55. The van der Waals surface area contributed by atoms with E-state index in [-0.39, 0.29) is 61.7 Å². The fourth-order valence-corrected chi connectivity index (χ4v) is 6.13. The van der Waals surface area contributed by atoms with Crippen LogP contribution in [0.15, 0.2) is 9.98 Å². The van der Waals surface area contributed by atoms with Gasteiger partial charge in [-0.3, -0.25) is 0 Å². The van der Waals surface area contributed by atoms with Gasteiger partial charge in [-0.15, -0.1) is 0 Å². The number of rotatable bonds is 6. The SMILES string of the molecule is CC(C)C[C@H]1N=C(CC2=N[C@H](CC(C)C)C3(CCCCC3)O2)OC12CCCCC2.[Br-].[Br-].[Ni+2]. The van der Waals surface area contributed by atoms with E-state index in [0.29, 0.717) is 30.3 Å². The van der Waals surface area contributed by atoms with Gasteiger partial charge in [0.1, 0.15) is 11.2 Å². The van der Waals surface area contributed by atoms with Crippen molar-refractivity contribution in [2.24, 2.45) is 21.8 Å². The van der Waals surface area contributed by atoms with Gasteiger partial charge in [0.05, 0.1) is 18.5 Å². The van der Waals surface area contributed by atoms with Crippen LogP contribution >= 0.6 is 0 Å². The summed E-state index contributed by atoms with van der Waals surface area (Å²) in [5.41, 5.74) is -0.0895. The topological polar surface area (TPSA) is 43.2 Å². The van der Waals surface area contributed by atoms with Crippen molar-refractivity contribution >= 4 is 11.8 Å². The van der Waals surface area contributed by atoms with Gasteiger partial charge in [-0.25, -0.2) is 9.98 Å². The Bertz CT molecular complexity index is 588. The molecule has 2 aliphatic heterocycles. The van der Waals surface area contributed by atoms with E-state index in [4.69, 9.17) is 19.5 Å². The molecule has 2 atom stereocenters. The summed E-state index contributed by atoms with van der Waals surface area (Å²) in [5.74, 6) is 3.08. The first-order valence-corrected chi connectivity index (χ1v) is 12.4. The Morgan fingerprint density at radius 1 is 0.688 bits per heavy atom. The Balaban J connectivity index is 0.00000171. The van der Waals surface area contributed by atoms with Crippen molar-refractivity contribution in [1.82, 2.24) is 0 Å². The van der Waals surface area contributed by atoms with Crippen LogP contribution in [0.25, 0.3) is 0 Å². The van der Waals surface area contributed by atoms with Gasteiger partial charge in [-0.2, -0.15) is 0 Å². The van der Waals surface area contributed by atoms with E-state index in [1.165, 1.54) is 38.5 Å². The quantitative estimate of drug-likeness (QED) is 0.406. The average Bonchev–Trinajstić information content (AvgIpc) is 3.13. The molecule has 4 aliphatic rings. The summed E-state index contributed by atoms with van der Waals surface area (Å²) in [7, 11) is 0. The van der Waals surface area contributed by atoms with E-state index in [0.717, 1.165) is 50.3 Å². The van der Waals surface area contributed by atoms with Gasteiger partial charge in [0.25, 0.3) is 0 Å². The second kappa shape index (κ2) is 12.9. The molecule has 32 heavy (non-hydrogen) atoms. The van der Waals surface area contributed by atoms with Crippen LogP contribution in [0.2, 0.25) is 0 Å². The standard InChI is InChI=1S/C25H42N2O2.2BrH.Ni/c1-18(2)15-20-24(11-7-5-8-12-24)28-22(26-20)17-23-27-21(16-19(3)4)25(29-23)13-9-6-10-14-25;;;/h18-21H,5-17H2,1-4H3;2*1H;/q;;;+2/p-2/t20-,21-;;;/m1.../s1. The zero-order chi connectivity index (χ0) is 20.5. The first-order chi connectivity index (χ1) is 13.9. The summed E-state index contributed by atoms with van der Waals surface area (Å²) >= 11 is 0. The predicted molar refractivity (Wildman–Crippen MR) is 120 cm³/mol. The maximum absolute atomic E-state index is 6.65. The molecule has 0 unspecified atom stereocenters. The first kappa shape index (κ1) is 30.4. The summed E-state index contributed by atoms with van der Waals surface area (Å²) in [6.45, 7) is 9.21. The van der Waals surface area contributed by atoms with E-state index in [9.17, 15) is 0 Å². The summed E-state index contributed by atoms with van der Waals surface area (Å²) in [5, 5.41) is 0. The Labute approximate surface area is 227 Å². The molecular formula is C25H42Br2N2NiO2. The van der Waals surface area contributed by atoms with Crippen LogP contribution in [0.1, 0.15) is 111 Å². The summed E-state index contributed by atoms with van der Waals surface area (Å²) < 4.78 is 13.3. The zero-order valence-corrected chi connectivity index (χ0v) is 24.4. The number of halogens is 2. The average molecular weight is 621 g/mol. The van der Waals surface area contributed by atoms with Crippen LogP contribution in [0.5, 0.6) is 0 Å². The van der Waals surface area contributed by atoms with E-state index >= 15 is 0 Å². The Kier molecular flexibility index (Phi) is 12.3. The molecule has 0 radical (unpaired) electrons. The largest absolute Gasteiger partial charge is 2.00 e. The number of hydrogen-bond acceptors (Lipinski definition) is 4. The minimum atomic E-state index is -0.0448. The molecule has 0 saturated heterocycles. The van der Waals surface area contributed by atoms with Crippen LogP contribution < -0.4 is 34.0 Å². The van der Waals surface area contributed by atoms with Gasteiger partial charge in [-0.1, -0.05) is 40.5 Å². The third kappa shape index (κ3) is 6.75. The molecule has 0 aromatic rings. The van der Waals surface area contributed by atoms with Crippen molar-refractivity contribution in [3.05, 3.63) is 0 Å². The third-order valence-corrected chi connectivity index (χ3v) is 7.55. The van der Waals surface area contributed by atoms with Crippen LogP contribution in [0.4, 0.5) is 0 Å². The molecule has 0 aromatic heterocycles. The number of nitrogens with zero attached hydrogens (tertiary/aromatic N) is 2. The van der Waals surface area contributed by atoms with Crippen LogP contribution in [0.3, 0.4) is 0 Å². The molecule has 2 spiro atoms. The normalized spacial score (nSPS) is 27.7. The minimum Gasteiger partial charge on any atom is -1.00 e. The van der Waals surface area contributed by atoms with Crippen LogP contribution in [0, 0.1) is 11.8 Å². The van der Waals surface area contributed by atoms with Gasteiger partial charge < -0.3 is 43.4 Å². The fourth-order valence-electron chi connectivity index (χ4n) is 6.13. The summed E-state index contributed by atoms with van der Waals surface area (Å²) in [6, 6.07) is 0.629. The molecule has 0 amide bonds. The van der Waals surface area contributed by atoms with E-state index in [2.05, 4.69) is 27.7 Å². The van der Waals surface area contributed by atoms with Gasteiger partial charge in [0, 0.05) is 0 Å². The van der Waals surface area contributed by atoms with Crippen molar-refractivity contribution < 1.29 is 59.9 Å². The maximum atomic E-state index is 6.65. The monoisotopic (exact) mass is 618 g/mol. The fraction of sp³-hybridized carbons (Fsp3) is 0.920. The molecule has 4 rings (SSSR count). The van der Waals surface area contributed by atoms with Crippen LogP contribution in [-0.2, 0) is 26.0 Å². The van der Waals surface area contributed by atoms with E-state index in [1.807, 2.05) is 0 Å². The predicted octanol–water partition coefficient (Wildman–Crippen LogP) is 0.475. The molecular weight excluding hydrogens is 579 g/mol. The van der Waals surface area contributed by atoms with Crippen molar-refractivity contribution in [3.63, 3.8) is 0 Å². The van der Waals surface area contributed by atoms with Gasteiger partial charge in [0.2, 0.25) is 0 Å². The smallest absolute Gasteiger partial charge is 1.00 e. The van der Waals surface area contributed by atoms with E-state index < -0.39 is 0 Å². The van der Waals surface area contributed by atoms with Crippen molar-refractivity contribution in [2.45, 2.75) is 134 Å². The summed E-state index contributed by atoms with van der Waals surface area (Å²) in [6.07, 6.45) is 15.3. The molecule has 0 aromatic carbocycles. The molecule has 2 saturated carbocycles. The zero-order valence-electron chi connectivity index (χ0n) is 20.3. The molecule has 7 heteroatoms. The molecule has 2 heterocycles. The van der Waals surface area contributed by atoms with Gasteiger partial charge in [-0.05, 0) is 76.0 Å². The first-order valence-electron chi connectivity index (χ1n) is 12.4. The molecule has 0 N–H and O–H groups in total. The molecule has 2 aliphatic carbocycles. The van der Waals surface area contributed by atoms with Crippen LogP contribution in [-0.4, -0.2) is 35.1 Å². The molecule has 188 valence electrons. The second-order valence-electron chi connectivity index (χ2n) is 11.0. The van der Waals surface area contributed by atoms with Gasteiger partial charge >= 0.3 is 16.5 Å². The van der Waals surface area contributed by atoms with Crippen molar-refractivity contribution in [2.75, 3.05) is 0 Å². The minimum absolute atomic E-state index is 0. The van der Waals surface area contributed by atoms with E-state index in [1.54, 1.807) is 0 Å². The Hall–Kier alpha value is 0.394. The molecule has 2 fully saturated rings. The number of aliphatic imine (C=N–C) groups is 2. The van der Waals surface area contributed by atoms with Crippen molar-refractivity contribution in [3.8, 4) is 0 Å². The number of ether oxygens (including phenoxy) is 2. The Morgan fingerprint density at radius 3 is 1.34 bits per heavy atom. The second-order valence-corrected chi connectivity index (χ2v) is 11.0. The Morgan fingerprint density at radius 2 is 1.03 bits per heavy atom. The van der Waals surface area contributed by atoms with Gasteiger partial charge in [0.15, 0.2) is 11.8 Å². The number of hydrogen-bond donors (Lipinski definition) is 0. The molecule has 0 bridgehead atoms. The molecule has 4 nitrogen and oxygen atoms in total. The summed E-state index contributed by atoms with van der Waals surface area (Å²) in [4.78, 5) is 10.2. The maximum Gasteiger partial charge on any atom is 2.00 e. The van der Waals surface area contributed by atoms with Crippen molar-refractivity contribution in [1.29, 1.82) is 0 Å².